The molecule has 378 valence electrons. The lowest BCUT2D eigenvalue weighted by Gasteiger charge is -2.43. The van der Waals surface area contributed by atoms with Crippen molar-refractivity contribution in [2.24, 2.45) is 0 Å². The number of imide groups is 1. The molecule has 3 aromatic carbocycles. The van der Waals surface area contributed by atoms with Crippen LogP contribution in [-0.2, 0) is 30.8 Å². The van der Waals surface area contributed by atoms with E-state index in [1.54, 1.807) is 32.4 Å². The van der Waals surface area contributed by atoms with Gasteiger partial charge in [-0.3, -0.25) is 29.0 Å². The third-order valence-corrected chi connectivity index (χ3v) is 15.7. The summed E-state index contributed by atoms with van der Waals surface area (Å²) >= 11 is 6.57. The highest BCUT2D eigenvalue weighted by Gasteiger charge is 2.31. The highest BCUT2D eigenvalue weighted by atomic mass is 35.5. The molecule has 20 heteroatoms. The summed E-state index contributed by atoms with van der Waals surface area (Å²) in [6, 6.07) is 15.8. The molecule has 8 rings (SSSR count). The molecule has 1 aromatic heterocycles. The van der Waals surface area contributed by atoms with E-state index in [1.165, 1.54) is 31.6 Å². The van der Waals surface area contributed by atoms with Gasteiger partial charge >= 0.3 is 0 Å². The number of amides is 2. The van der Waals surface area contributed by atoms with Crippen LogP contribution < -0.4 is 44.3 Å². The summed E-state index contributed by atoms with van der Waals surface area (Å²) in [5, 5.41) is 9.24. The van der Waals surface area contributed by atoms with Crippen LogP contribution in [0.5, 0.6) is 17.2 Å². The number of sulfonamides is 1. The Hall–Kier alpha value is -5.60. The zero-order chi connectivity index (χ0) is 49.5. The highest BCUT2D eigenvalue weighted by molar-refractivity contribution is 7.92. The summed E-state index contributed by atoms with van der Waals surface area (Å²) in [5.41, 5.74) is 5.80. The minimum atomic E-state index is -3.58. The summed E-state index contributed by atoms with van der Waals surface area (Å²) in [6.07, 6.45) is 8.60. The van der Waals surface area contributed by atoms with Gasteiger partial charge in [0.25, 0.3) is 0 Å². The molecule has 4 aliphatic heterocycles. The number of benzene rings is 3. The molecule has 0 spiro atoms. The molecule has 70 heavy (non-hydrogen) atoms. The molecule has 4 aliphatic rings. The summed E-state index contributed by atoms with van der Waals surface area (Å²) in [6.45, 7) is 11.7. The van der Waals surface area contributed by atoms with E-state index in [0.29, 0.717) is 47.6 Å². The molecule has 4 fully saturated rings. The Kier molecular flexibility index (Phi) is 16.4. The lowest BCUT2D eigenvalue weighted by atomic mass is 9.90. The SMILES string of the molecule is CCc1cc(Nc2ncc(Cl)c(Nc3ccc(OC)cc3N(C)S(C)(=O)=O)n2)c(OC)cc1N1CCC(N2CCN(CCOC3CCN(c4ccc(C5CCC(=O)NC5=O)cc4OC)CC3)CC2)CC1. The van der Waals surface area contributed by atoms with Crippen molar-refractivity contribution in [3.8, 4) is 17.2 Å². The standard InChI is InChI=1S/C50H67ClN10O8S/c1-7-33-28-41(54-50-52-32-39(51)48(56-50)53-40-11-9-37(66-3)30-44(40)57(2)70(6,64)65)45(67-4)31-43(33)61-18-14-35(15-19-61)59-24-22-58(23-25-59)26-27-69-36-16-20-60(21-17-36)42-12-8-34(29-46(42)68-5)38-10-13-47(62)55-49(38)63/h8-9,11-12,28-32,35-36,38H,7,10,13-27H2,1-6H3,(H,55,62,63)(H2,52,53,54,56). The zero-order valence-electron chi connectivity index (χ0n) is 41.1. The molecule has 5 heterocycles. The van der Waals surface area contributed by atoms with Gasteiger partial charge in [-0.1, -0.05) is 24.6 Å². The van der Waals surface area contributed by atoms with E-state index in [0.717, 1.165) is 131 Å². The van der Waals surface area contributed by atoms with Crippen LogP contribution in [0.3, 0.4) is 0 Å². The number of methoxy groups -OCH3 is 3. The number of aryl methyl sites for hydroxylation is 1. The average Bonchev–Trinajstić information content (AvgIpc) is 3.37. The monoisotopic (exact) mass is 1000 g/mol. The van der Waals surface area contributed by atoms with Crippen LogP contribution in [0.1, 0.15) is 62.5 Å². The normalized spacial score (nSPS) is 18.9. The van der Waals surface area contributed by atoms with Gasteiger partial charge in [0, 0.05) is 96.2 Å². The first-order chi connectivity index (χ1) is 33.7. The van der Waals surface area contributed by atoms with Gasteiger partial charge in [0.05, 0.1) is 75.2 Å². The number of halogens is 1. The number of nitrogens with zero attached hydrogens (tertiary/aromatic N) is 7. The fraction of sp³-hybridized carbons (Fsp3) is 0.520. The van der Waals surface area contributed by atoms with Gasteiger partial charge in [-0.05, 0) is 80.0 Å². The smallest absolute Gasteiger partial charge is 0.234 e. The van der Waals surface area contributed by atoms with E-state index in [1.807, 2.05) is 18.2 Å². The van der Waals surface area contributed by atoms with Crippen LogP contribution in [0, 0.1) is 0 Å². The van der Waals surface area contributed by atoms with Gasteiger partial charge in [0.1, 0.15) is 22.3 Å². The van der Waals surface area contributed by atoms with Crippen molar-refractivity contribution in [2.75, 3.05) is 125 Å². The Morgan fingerprint density at radius 3 is 2.20 bits per heavy atom. The first-order valence-electron chi connectivity index (χ1n) is 24.2. The van der Waals surface area contributed by atoms with Crippen LogP contribution in [-0.4, -0.2) is 152 Å². The van der Waals surface area contributed by atoms with Crippen molar-refractivity contribution < 1.29 is 37.0 Å². The average molecular weight is 1000 g/mol. The number of anilines is 7. The number of hydrogen-bond acceptors (Lipinski definition) is 16. The third kappa shape index (κ3) is 11.9. The number of aromatic nitrogens is 2. The Morgan fingerprint density at radius 1 is 0.814 bits per heavy atom. The van der Waals surface area contributed by atoms with Gasteiger partial charge in [-0.2, -0.15) is 4.98 Å². The van der Waals surface area contributed by atoms with Crippen LogP contribution in [0.2, 0.25) is 5.02 Å². The maximum Gasteiger partial charge on any atom is 0.234 e. The van der Waals surface area contributed by atoms with Crippen molar-refractivity contribution in [1.29, 1.82) is 0 Å². The summed E-state index contributed by atoms with van der Waals surface area (Å²) in [4.78, 5) is 43.3. The van der Waals surface area contributed by atoms with E-state index < -0.39 is 10.0 Å². The van der Waals surface area contributed by atoms with Crippen molar-refractivity contribution in [1.82, 2.24) is 25.1 Å². The maximum absolute atomic E-state index is 12.5. The van der Waals surface area contributed by atoms with Crippen LogP contribution >= 0.6 is 11.6 Å². The van der Waals surface area contributed by atoms with Gasteiger partial charge in [-0.15, -0.1) is 0 Å². The molecule has 3 N–H and O–H groups in total. The molecule has 0 bridgehead atoms. The predicted molar refractivity (Wildman–Crippen MR) is 275 cm³/mol. The van der Waals surface area contributed by atoms with Gasteiger partial charge in [0.2, 0.25) is 27.8 Å². The quantitative estimate of drug-likeness (QED) is 0.0932. The van der Waals surface area contributed by atoms with Crippen molar-refractivity contribution >= 4 is 73.6 Å². The van der Waals surface area contributed by atoms with Crippen LogP contribution in [0.15, 0.2) is 54.7 Å². The first-order valence-corrected chi connectivity index (χ1v) is 26.5. The number of rotatable bonds is 18. The lowest BCUT2D eigenvalue weighted by Crippen LogP contribution is -2.53. The topological polar surface area (TPSA) is 183 Å². The lowest BCUT2D eigenvalue weighted by molar-refractivity contribution is -0.134. The summed E-state index contributed by atoms with van der Waals surface area (Å²) < 4.78 is 49.6. The van der Waals surface area contributed by atoms with E-state index in [-0.39, 0.29) is 34.8 Å². The maximum atomic E-state index is 12.5. The van der Waals surface area contributed by atoms with E-state index >= 15 is 0 Å². The van der Waals surface area contributed by atoms with E-state index in [2.05, 4.69) is 64.6 Å². The number of piperazine rings is 1. The van der Waals surface area contributed by atoms with E-state index in [4.69, 9.17) is 30.5 Å². The molecular formula is C50H67ClN10O8S. The Labute approximate surface area is 417 Å². The molecular weight excluding hydrogens is 936 g/mol. The minimum absolute atomic E-state index is 0.211. The number of piperidine rings is 3. The van der Waals surface area contributed by atoms with Gasteiger partial charge in [-0.25, -0.2) is 13.4 Å². The molecule has 0 aliphatic carbocycles. The van der Waals surface area contributed by atoms with Gasteiger partial charge < -0.3 is 39.4 Å². The minimum Gasteiger partial charge on any atom is -0.497 e. The Balaban J connectivity index is 0.790. The van der Waals surface area contributed by atoms with Crippen molar-refractivity contribution in [2.45, 2.75) is 69.9 Å². The molecule has 4 saturated heterocycles. The first kappa shape index (κ1) is 50.8. The number of carbonyl (C=O) groups is 2. The zero-order valence-corrected chi connectivity index (χ0v) is 42.7. The molecule has 4 aromatic rings. The molecule has 1 unspecified atom stereocenters. The van der Waals surface area contributed by atoms with Crippen molar-refractivity contribution in [3.63, 3.8) is 0 Å². The molecule has 18 nitrogen and oxygen atoms in total. The van der Waals surface area contributed by atoms with Crippen LogP contribution in [0.25, 0.3) is 0 Å². The largest absolute Gasteiger partial charge is 0.497 e. The molecule has 0 radical (unpaired) electrons. The fourth-order valence-corrected chi connectivity index (χ4v) is 10.7. The van der Waals surface area contributed by atoms with Gasteiger partial charge in [0.15, 0.2) is 5.82 Å². The second kappa shape index (κ2) is 22.6. The molecule has 1 atom stereocenters. The molecule has 2 amide bonds. The molecule has 0 saturated carbocycles. The van der Waals surface area contributed by atoms with Crippen LogP contribution in [0.4, 0.5) is 40.2 Å². The van der Waals surface area contributed by atoms with Crippen molar-refractivity contribution in [3.05, 3.63) is 70.9 Å². The predicted octanol–water partition coefficient (Wildman–Crippen LogP) is 6.39. The number of carbonyl (C=O) groups excluding carboxylic acids is 2. The second-order valence-corrected chi connectivity index (χ2v) is 20.8. The summed E-state index contributed by atoms with van der Waals surface area (Å²) in [7, 11) is 2.73. The highest BCUT2D eigenvalue weighted by Crippen LogP contribution is 2.40. The number of nitrogens with one attached hydrogen (secondary N) is 3. The Morgan fingerprint density at radius 2 is 1.53 bits per heavy atom. The summed E-state index contributed by atoms with van der Waals surface area (Å²) in [5.74, 6) is 1.70. The second-order valence-electron chi connectivity index (χ2n) is 18.4. The van der Waals surface area contributed by atoms with E-state index in [9.17, 15) is 18.0 Å². The number of ether oxygens (including phenoxy) is 4. The fourth-order valence-electron chi connectivity index (χ4n) is 10.0. The third-order valence-electron chi connectivity index (χ3n) is 14.2. The Bertz CT molecular complexity index is 2600. The number of hydrogen-bond donors (Lipinski definition) is 3.